The summed E-state index contributed by atoms with van der Waals surface area (Å²) >= 11 is 0. The molecule has 1 heterocycles. The molecule has 1 aromatic carbocycles. The van der Waals surface area contributed by atoms with E-state index in [1.807, 2.05) is 18.2 Å². The molecule has 4 nitrogen and oxygen atoms in total. The Bertz CT molecular complexity index is 538. The van der Waals surface area contributed by atoms with E-state index in [4.69, 9.17) is 4.74 Å². The molecule has 0 amide bonds. The summed E-state index contributed by atoms with van der Waals surface area (Å²) in [6, 6.07) is 8.41. The molecule has 2 aromatic rings. The van der Waals surface area contributed by atoms with Crippen molar-refractivity contribution in [3.8, 4) is 11.8 Å². The number of nitrogens with zero attached hydrogens (tertiary/aromatic N) is 2. The number of hydrogen-bond acceptors (Lipinski definition) is 4. The molecule has 0 radical (unpaired) electrons. The van der Waals surface area contributed by atoms with Crippen LogP contribution in [0.2, 0.25) is 0 Å². The smallest absolute Gasteiger partial charge is 0.321 e. The third-order valence-electron chi connectivity index (χ3n) is 2.99. The molecule has 1 aromatic heterocycles. The van der Waals surface area contributed by atoms with Crippen LogP contribution in [0.5, 0.6) is 11.8 Å². The molecular formula is C16H21N3O. The molecule has 0 atom stereocenters. The van der Waals surface area contributed by atoms with Crippen LogP contribution in [-0.2, 0) is 6.54 Å². The minimum Gasteiger partial charge on any atom is -0.424 e. The summed E-state index contributed by atoms with van der Waals surface area (Å²) in [4.78, 5) is 8.46. The van der Waals surface area contributed by atoms with Gasteiger partial charge in [0.1, 0.15) is 5.75 Å². The van der Waals surface area contributed by atoms with E-state index in [1.54, 1.807) is 12.4 Å². The average Bonchev–Trinajstić information content (AvgIpc) is 2.47. The Morgan fingerprint density at radius 2 is 1.95 bits per heavy atom. The van der Waals surface area contributed by atoms with E-state index in [0.29, 0.717) is 11.9 Å². The molecule has 0 bridgehead atoms. The largest absolute Gasteiger partial charge is 0.424 e. The number of nitrogens with one attached hydrogen (secondary N) is 1. The van der Waals surface area contributed by atoms with E-state index in [9.17, 15) is 0 Å². The maximum absolute atomic E-state index is 5.69. The van der Waals surface area contributed by atoms with Gasteiger partial charge >= 0.3 is 6.01 Å². The van der Waals surface area contributed by atoms with Gasteiger partial charge in [0.05, 0.1) is 0 Å². The van der Waals surface area contributed by atoms with Crippen molar-refractivity contribution >= 4 is 0 Å². The molecule has 0 spiro atoms. The molecule has 106 valence electrons. The number of hydrogen-bond donors (Lipinski definition) is 1. The normalized spacial score (nSPS) is 10.8. The molecule has 20 heavy (non-hydrogen) atoms. The number of ether oxygens (including phenoxy) is 1. The summed E-state index contributed by atoms with van der Waals surface area (Å²) in [6.07, 6.45) is 3.58. The second-order valence-electron chi connectivity index (χ2n) is 4.98. The van der Waals surface area contributed by atoms with Crippen molar-refractivity contribution < 1.29 is 4.74 Å². The molecule has 2 rings (SSSR count). The Morgan fingerprint density at radius 1 is 1.20 bits per heavy atom. The summed E-state index contributed by atoms with van der Waals surface area (Å²) < 4.78 is 5.69. The lowest BCUT2D eigenvalue weighted by atomic mass is 10.0. The quantitative estimate of drug-likeness (QED) is 0.873. The average molecular weight is 271 g/mol. The Hall–Kier alpha value is -1.94. The highest BCUT2D eigenvalue weighted by Crippen LogP contribution is 2.23. The van der Waals surface area contributed by atoms with Crippen LogP contribution in [0.25, 0.3) is 0 Å². The van der Waals surface area contributed by atoms with Gasteiger partial charge in [-0.15, -0.1) is 0 Å². The summed E-state index contributed by atoms with van der Waals surface area (Å²) in [5, 5.41) is 3.23. The molecule has 0 fully saturated rings. The second kappa shape index (κ2) is 7.01. The molecule has 1 N–H and O–H groups in total. The monoisotopic (exact) mass is 271 g/mol. The van der Waals surface area contributed by atoms with Crippen molar-refractivity contribution in [2.45, 2.75) is 33.2 Å². The molecule has 0 saturated heterocycles. The number of rotatable bonds is 6. The van der Waals surface area contributed by atoms with Crippen LogP contribution in [0.3, 0.4) is 0 Å². The summed E-state index contributed by atoms with van der Waals surface area (Å²) in [5.41, 5.74) is 2.29. The molecule has 0 aliphatic rings. The van der Waals surface area contributed by atoms with Crippen molar-refractivity contribution in [1.29, 1.82) is 0 Å². The molecule has 0 aliphatic heterocycles. The fourth-order valence-electron chi connectivity index (χ4n) is 1.80. The SMILES string of the molecule is CCNCc1cnc(Oc2cccc(C(C)C)c2)nc1. The van der Waals surface area contributed by atoms with Crippen LogP contribution < -0.4 is 10.1 Å². The van der Waals surface area contributed by atoms with Gasteiger partial charge in [-0.2, -0.15) is 0 Å². The minimum absolute atomic E-state index is 0.381. The first-order valence-electron chi connectivity index (χ1n) is 6.98. The first-order valence-corrected chi connectivity index (χ1v) is 6.98. The third kappa shape index (κ3) is 4.03. The lowest BCUT2D eigenvalue weighted by Crippen LogP contribution is -2.12. The fraction of sp³-hybridized carbons (Fsp3) is 0.375. The Balaban J connectivity index is 2.04. The summed E-state index contributed by atoms with van der Waals surface area (Å²) in [7, 11) is 0. The Kier molecular flexibility index (Phi) is 5.07. The second-order valence-corrected chi connectivity index (χ2v) is 4.98. The van der Waals surface area contributed by atoms with Gasteiger partial charge in [0.2, 0.25) is 0 Å². The standard InChI is InChI=1S/C16H21N3O/c1-4-17-9-13-10-18-16(19-11-13)20-15-7-5-6-14(8-15)12(2)3/h5-8,10-12,17H,4,9H2,1-3H3. The zero-order valence-electron chi connectivity index (χ0n) is 12.3. The highest BCUT2D eigenvalue weighted by Gasteiger charge is 2.04. The molecule has 0 saturated carbocycles. The van der Waals surface area contributed by atoms with Gasteiger partial charge in [-0.25, -0.2) is 9.97 Å². The maximum Gasteiger partial charge on any atom is 0.321 e. The van der Waals surface area contributed by atoms with E-state index in [-0.39, 0.29) is 0 Å². The maximum atomic E-state index is 5.69. The van der Waals surface area contributed by atoms with Gasteiger partial charge in [-0.3, -0.25) is 0 Å². The first-order chi connectivity index (χ1) is 9.69. The van der Waals surface area contributed by atoms with Crippen LogP contribution in [0.15, 0.2) is 36.7 Å². The molecule has 0 aliphatic carbocycles. The van der Waals surface area contributed by atoms with E-state index >= 15 is 0 Å². The van der Waals surface area contributed by atoms with E-state index in [0.717, 1.165) is 24.4 Å². The lowest BCUT2D eigenvalue weighted by Gasteiger charge is -2.08. The van der Waals surface area contributed by atoms with Gasteiger partial charge in [0.25, 0.3) is 0 Å². The van der Waals surface area contributed by atoms with E-state index in [2.05, 4.69) is 42.1 Å². The van der Waals surface area contributed by atoms with Crippen molar-refractivity contribution in [3.05, 3.63) is 47.8 Å². The first kappa shape index (κ1) is 14.5. The molecular weight excluding hydrogens is 250 g/mol. The summed E-state index contributed by atoms with van der Waals surface area (Å²) in [6.45, 7) is 8.09. The van der Waals surface area contributed by atoms with Crippen LogP contribution in [0, 0.1) is 0 Å². The Morgan fingerprint density at radius 3 is 2.60 bits per heavy atom. The molecule has 0 unspecified atom stereocenters. The Labute approximate surface area is 120 Å². The zero-order chi connectivity index (χ0) is 14.4. The zero-order valence-corrected chi connectivity index (χ0v) is 12.3. The van der Waals surface area contributed by atoms with Gasteiger partial charge in [0, 0.05) is 24.5 Å². The van der Waals surface area contributed by atoms with Crippen molar-refractivity contribution in [2.75, 3.05) is 6.54 Å². The number of benzene rings is 1. The van der Waals surface area contributed by atoms with Gasteiger partial charge in [-0.05, 0) is 30.2 Å². The van der Waals surface area contributed by atoms with Crippen LogP contribution in [0.1, 0.15) is 37.8 Å². The van der Waals surface area contributed by atoms with E-state index in [1.165, 1.54) is 5.56 Å². The topological polar surface area (TPSA) is 47.0 Å². The van der Waals surface area contributed by atoms with Crippen LogP contribution >= 0.6 is 0 Å². The van der Waals surface area contributed by atoms with Gasteiger partial charge < -0.3 is 10.1 Å². The van der Waals surface area contributed by atoms with Crippen LogP contribution in [-0.4, -0.2) is 16.5 Å². The number of aromatic nitrogens is 2. The third-order valence-corrected chi connectivity index (χ3v) is 2.99. The van der Waals surface area contributed by atoms with Gasteiger partial charge in [0.15, 0.2) is 0 Å². The fourth-order valence-corrected chi connectivity index (χ4v) is 1.80. The van der Waals surface area contributed by atoms with Crippen molar-refractivity contribution in [1.82, 2.24) is 15.3 Å². The molecule has 4 heteroatoms. The highest BCUT2D eigenvalue weighted by atomic mass is 16.5. The minimum atomic E-state index is 0.381. The highest BCUT2D eigenvalue weighted by molar-refractivity contribution is 5.32. The van der Waals surface area contributed by atoms with E-state index < -0.39 is 0 Å². The lowest BCUT2D eigenvalue weighted by molar-refractivity contribution is 0.440. The van der Waals surface area contributed by atoms with Crippen molar-refractivity contribution in [2.24, 2.45) is 0 Å². The predicted molar refractivity (Wildman–Crippen MR) is 80.0 cm³/mol. The summed E-state index contributed by atoms with van der Waals surface area (Å²) in [5.74, 6) is 1.25. The van der Waals surface area contributed by atoms with Crippen LogP contribution in [0.4, 0.5) is 0 Å². The predicted octanol–water partition coefficient (Wildman–Crippen LogP) is 3.50. The van der Waals surface area contributed by atoms with Gasteiger partial charge in [-0.1, -0.05) is 32.9 Å². The van der Waals surface area contributed by atoms with Crippen molar-refractivity contribution in [3.63, 3.8) is 0 Å².